The van der Waals surface area contributed by atoms with E-state index >= 15 is 0 Å². The van der Waals surface area contributed by atoms with Crippen LogP contribution in [0.15, 0.2) is 44.0 Å². The highest BCUT2D eigenvalue weighted by Gasteiger charge is 2.18. The van der Waals surface area contributed by atoms with Gasteiger partial charge in [0.15, 0.2) is 11.5 Å². The van der Waals surface area contributed by atoms with Crippen LogP contribution >= 0.6 is 0 Å². The van der Waals surface area contributed by atoms with Crippen molar-refractivity contribution in [2.24, 2.45) is 0 Å². The zero-order chi connectivity index (χ0) is 15.4. The molecular weight excluding hydrogens is 288 g/mol. The summed E-state index contributed by atoms with van der Waals surface area (Å²) in [6, 6.07) is 7.15. The molecule has 2 aromatic carbocycles. The molecule has 0 saturated carbocycles. The van der Waals surface area contributed by atoms with Crippen LogP contribution in [0.25, 0.3) is 33.1 Å². The van der Waals surface area contributed by atoms with Crippen LogP contribution in [0.4, 0.5) is 0 Å². The Morgan fingerprint density at radius 2 is 1.73 bits per heavy atom. The van der Waals surface area contributed by atoms with E-state index in [1.165, 1.54) is 37.4 Å². The van der Waals surface area contributed by atoms with Crippen molar-refractivity contribution in [3.05, 3.63) is 40.6 Å². The maximum Gasteiger partial charge on any atom is 0.302 e. The molecule has 0 radical (unpaired) electrons. The van der Waals surface area contributed by atoms with Crippen LogP contribution in [-0.4, -0.2) is 17.3 Å². The third-order valence-electron chi connectivity index (χ3n) is 3.60. The summed E-state index contributed by atoms with van der Waals surface area (Å²) < 4.78 is 16.1. The lowest BCUT2D eigenvalue weighted by atomic mass is 10.1. The number of aromatic hydroxyl groups is 2. The van der Waals surface area contributed by atoms with Crippen LogP contribution < -0.4 is 10.2 Å². The standard InChI is InChI=1S/C16H10O6/c1-20-13-5-9-12(6-10(13)18)22-16-14(9)15(19)8-3-2-7(17)4-11(8)21-16/h2-6,17-18H,1H3. The Labute approximate surface area is 122 Å². The number of furan rings is 1. The molecule has 2 aromatic heterocycles. The summed E-state index contributed by atoms with van der Waals surface area (Å²) >= 11 is 0. The van der Waals surface area contributed by atoms with Crippen molar-refractivity contribution >= 4 is 33.1 Å². The Bertz CT molecular complexity index is 1100. The number of methoxy groups -OCH3 is 1. The predicted octanol–water partition coefficient (Wildman–Crippen LogP) is 3.11. The average molecular weight is 298 g/mol. The van der Waals surface area contributed by atoms with Crippen LogP contribution in [0.5, 0.6) is 17.2 Å². The zero-order valence-corrected chi connectivity index (χ0v) is 11.4. The van der Waals surface area contributed by atoms with Crippen LogP contribution in [0.3, 0.4) is 0 Å². The molecule has 0 aliphatic heterocycles. The molecule has 6 heteroatoms. The fourth-order valence-corrected chi connectivity index (χ4v) is 2.56. The molecule has 0 saturated heterocycles. The lowest BCUT2D eigenvalue weighted by Gasteiger charge is -2.01. The van der Waals surface area contributed by atoms with E-state index < -0.39 is 0 Å². The van der Waals surface area contributed by atoms with Gasteiger partial charge in [0.05, 0.1) is 12.5 Å². The lowest BCUT2D eigenvalue weighted by molar-refractivity contribution is 0.374. The van der Waals surface area contributed by atoms with Gasteiger partial charge in [-0.15, -0.1) is 0 Å². The third kappa shape index (κ3) is 1.57. The Hall–Kier alpha value is -3.15. The quantitative estimate of drug-likeness (QED) is 0.561. The van der Waals surface area contributed by atoms with Gasteiger partial charge >= 0.3 is 5.78 Å². The second-order valence-corrected chi connectivity index (χ2v) is 4.90. The highest BCUT2D eigenvalue weighted by molar-refractivity contribution is 6.07. The van der Waals surface area contributed by atoms with Gasteiger partial charge in [-0.25, -0.2) is 0 Å². The van der Waals surface area contributed by atoms with E-state index in [-0.39, 0.29) is 39.4 Å². The topological polar surface area (TPSA) is 93.0 Å². The normalized spacial score (nSPS) is 11.5. The number of hydrogen-bond acceptors (Lipinski definition) is 6. The second-order valence-electron chi connectivity index (χ2n) is 4.90. The van der Waals surface area contributed by atoms with Gasteiger partial charge in [-0.3, -0.25) is 4.79 Å². The molecule has 0 bridgehead atoms. The molecule has 110 valence electrons. The number of fused-ring (bicyclic) bond motifs is 4. The van der Waals surface area contributed by atoms with E-state index in [1.807, 2.05) is 0 Å². The molecule has 2 heterocycles. The SMILES string of the molecule is COc1cc2c(cc1O)oc1oc3cc(O)ccc3c(=O)c12. The largest absolute Gasteiger partial charge is 0.508 e. The van der Waals surface area contributed by atoms with Crippen LogP contribution in [0, 0.1) is 0 Å². The first kappa shape index (κ1) is 12.6. The van der Waals surface area contributed by atoms with Crippen LogP contribution in [-0.2, 0) is 0 Å². The molecule has 0 fully saturated rings. The molecule has 0 amide bonds. The minimum absolute atomic E-state index is 0.00887. The van der Waals surface area contributed by atoms with Gasteiger partial charge in [-0.1, -0.05) is 0 Å². The van der Waals surface area contributed by atoms with E-state index in [9.17, 15) is 15.0 Å². The van der Waals surface area contributed by atoms with E-state index in [4.69, 9.17) is 13.6 Å². The summed E-state index contributed by atoms with van der Waals surface area (Å²) in [7, 11) is 1.42. The zero-order valence-electron chi connectivity index (χ0n) is 11.4. The van der Waals surface area contributed by atoms with E-state index in [1.54, 1.807) is 0 Å². The van der Waals surface area contributed by atoms with Crippen molar-refractivity contribution in [2.45, 2.75) is 0 Å². The van der Waals surface area contributed by atoms with Gasteiger partial charge in [-0.05, 0) is 18.2 Å². The highest BCUT2D eigenvalue weighted by Crippen LogP contribution is 2.36. The summed E-state index contributed by atoms with van der Waals surface area (Å²) in [5.41, 5.74) is 0.268. The first-order valence-corrected chi connectivity index (χ1v) is 6.47. The van der Waals surface area contributed by atoms with Crippen molar-refractivity contribution in [3.63, 3.8) is 0 Å². The molecule has 0 unspecified atom stereocenters. The summed E-state index contributed by atoms with van der Waals surface area (Å²) in [4.78, 5) is 12.7. The Kier molecular flexibility index (Phi) is 2.39. The third-order valence-corrected chi connectivity index (χ3v) is 3.60. The molecule has 6 nitrogen and oxygen atoms in total. The fraction of sp³-hybridized carbons (Fsp3) is 0.0625. The molecule has 0 aliphatic carbocycles. The molecule has 0 aliphatic rings. The Morgan fingerprint density at radius 1 is 1.00 bits per heavy atom. The van der Waals surface area contributed by atoms with E-state index in [0.717, 1.165) is 0 Å². The fourth-order valence-electron chi connectivity index (χ4n) is 2.56. The summed E-state index contributed by atoms with van der Waals surface area (Å²) in [5, 5.41) is 20.4. The number of benzene rings is 2. The van der Waals surface area contributed by atoms with Gasteiger partial charge in [0.1, 0.15) is 22.3 Å². The molecule has 0 spiro atoms. The average Bonchev–Trinajstić information content (AvgIpc) is 2.83. The molecular formula is C16H10O6. The summed E-state index contributed by atoms with van der Waals surface area (Å²) in [6.45, 7) is 0. The highest BCUT2D eigenvalue weighted by atomic mass is 16.5. The van der Waals surface area contributed by atoms with Gasteiger partial charge in [0.25, 0.3) is 0 Å². The van der Waals surface area contributed by atoms with E-state index in [0.29, 0.717) is 16.4 Å². The lowest BCUT2D eigenvalue weighted by Crippen LogP contribution is -2.00. The second kappa shape index (κ2) is 4.17. The molecule has 4 rings (SSSR count). The first-order valence-electron chi connectivity index (χ1n) is 6.47. The van der Waals surface area contributed by atoms with Crippen molar-refractivity contribution in [1.82, 2.24) is 0 Å². The number of hydrogen-bond donors (Lipinski definition) is 2. The number of phenolic OH excluding ortho intramolecular Hbond substituents is 2. The van der Waals surface area contributed by atoms with E-state index in [2.05, 4.69) is 0 Å². The molecule has 4 aromatic rings. The minimum atomic E-state index is -0.275. The van der Waals surface area contributed by atoms with Crippen LogP contribution in [0.2, 0.25) is 0 Å². The monoisotopic (exact) mass is 298 g/mol. The predicted molar refractivity (Wildman–Crippen MR) is 79.6 cm³/mol. The number of phenols is 2. The smallest absolute Gasteiger partial charge is 0.302 e. The maximum atomic E-state index is 12.7. The van der Waals surface area contributed by atoms with Crippen molar-refractivity contribution in [1.29, 1.82) is 0 Å². The van der Waals surface area contributed by atoms with Crippen molar-refractivity contribution < 1.29 is 23.8 Å². The molecule has 22 heavy (non-hydrogen) atoms. The Balaban J connectivity index is 2.24. The maximum absolute atomic E-state index is 12.7. The van der Waals surface area contributed by atoms with Crippen molar-refractivity contribution in [3.8, 4) is 17.2 Å². The summed E-state index contributed by atoms with van der Waals surface area (Å²) in [6.07, 6.45) is 0. The number of ether oxygens (including phenoxy) is 1. The van der Waals surface area contributed by atoms with Gasteiger partial charge in [0.2, 0.25) is 5.43 Å². The molecule has 0 atom stereocenters. The van der Waals surface area contributed by atoms with Gasteiger partial charge < -0.3 is 23.8 Å². The van der Waals surface area contributed by atoms with Gasteiger partial charge in [-0.2, -0.15) is 0 Å². The van der Waals surface area contributed by atoms with Crippen molar-refractivity contribution in [2.75, 3.05) is 7.11 Å². The summed E-state index contributed by atoms with van der Waals surface area (Å²) in [5.74, 6) is 0.167. The Morgan fingerprint density at radius 3 is 2.45 bits per heavy atom. The van der Waals surface area contributed by atoms with Crippen LogP contribution in [0.1, 0.15) is 0 Å². The van der Waals surface area contributed by atoms with Gasteiger partial charge in [0, 0.05) is 17.5 Å². The first-order chi connectivity index (χ1) is 10.6. The minimum Gasteiger partial charge on any atom is -0.508 e. The molecule has 2 N–H and O–H groups in total. The number of rotatable bonds is 1.